The molecule has 17 heavy (non-hydrogen) atoms. The highest BCUT2D eigenvalue weighted by atomic mass is 19.3. The van der Waals surface area contributed by atoms with Crippen molar-refractivity contribution in [3.63, 3.8) is 0 Å². The van der Waals surface area contributed by atoms with Crippen LogP contribution in [0.5, 0.6) is 0 Å². The smallest absolute Gasteiger partial charge is 0.263 e. The molecule has 0 aliphatic heterocycles. The molecular formula is C14H21F2N. The van der Waals surface area contributed by atoms with Crippen molar-refractivity contribution in [1.29, 1.82) is 0 Å². The summed E-state index contributed by atoms with van der Waals surface area (Å²) in [5, 5.41) is 3.47. The molecule has 0 saturated carbocycles. The van der Waals surface area contributed by atoms with E-state index in [1.165, 1.54) is 12.1 Å². The Labute approximate surface area is 102 Å². The Bertz CT molecular complexity index is 329. The predicted octanol–water partition coefficient (Wildman–Crippen LogP) is 4.29. The molecule has 0 aliphatic carbocycles. The number of halogens is 2. The lowest BCUT2D eigenvalue weighted by atomic mass is 9.95. The van der Waals surface area contributed by atoms with Gasteiger partial charge in [-0.3, -0.25) is 0 Å². The Balaban J connectivity index is 2.58. The second-order valence-corrected chi connectivity index (χ2v) is 4.66. The van der Waals surface area contributed by atoms with Gasteiger partial charge in [0.25, 0.3) is 6.43 Å². The van der Waals surface area contributed by atoms with Crippen LogP contribution in [0, 0.1) is 0 Å². The number of hydrogen-bond donors (Lipinski definition) is 1. The van der Waals surface area contributed by atoms with Gasteiger partial charge < -0.3 is 5.32 Å². The quantitative estimate of drug-likeness (QED) is 0.783. The molecule has 0 fully saturated rings. The Morgan fingerprint density at radius 1 is 1.12 bits per heavy atom. The molecule has 1 rings (SSSR count). The van der Waals surface area contributed by atoms with Gasteiger partial charge in [0.1, 0.15) is 0 Å². The Kier molecular flexibility index (Phi) is 5.06. The molecule has 1 N–H and O–H groups in total. The molecule has 0 bridgehead atoms. The highest BCUT2D eigenvalue weighted by molar-refractivity contribution is 5.23. The zero-order valence-corrected chi connectivity index (χ0v) is 10.8. The number of hydrogen-bond acceptors (Lipinski definition) is 1. The molecular weight excluding hydrogens is 220 g/mol. The fraction of sp³-hybridized carbons (Fsp3) is 0.571. The fourth-order valence-corrected chi connectivity index (χ4v) is 1.60. The van der Waals surface area contributed by atoms with Gasteiger partial charge in [-0.15, -0.1) is 0 Å². The number of benzene rings is 1. The standard InChI is InChI=1S/C14H21F2N/c1-4-14(3,5-2)17-10-11-6-8-12(9-7-11)13(15)16/h6-9,13,17H,4-5,10H2,1-3H3. The maximum absolute atomic E-state index is 12.4. The van der Waals surface area contributed by atoms with Crippen molar-refractivity contribution in [2.75, 3.05) is 0 Å². The van der Waals surface area contributed by atoms with E-state index in [-0.39, 0.29) is 11.1 Å². The van der Waals surface area contributed by atoms with Crippen molar-refractivity contribution >= 4 is 0 Å². The topological polar surface area (TPSA) is 12.0 Å². The molecule has 1 aromatic rings. The second-order valence-electron chi connectivity index (χ2n) is 4.66. The summed E-state index contributed by atoms with van der Waals surface area (Å²) in [5.41, 5.74) is 1.26. The maximum atomic E-state index is 12.4. The van der Waals surface area contributed by atoms with Crippen LogP contribution in [0.2, 0.25) is 0 Å². The summed E-state index contributed by atoms with van der Waals surface area (Å²) in [4.78, 5) is 0. The molecule has 0 radical (unpaired) electrons. The normalized spacial score (nSPS) is 12.1. The summed E-state index contributed by atoms with van der Waals surface area (Å²) in [5.74, 6) is 0. The molecule has 0 amide bonds. The van der Waals surface area contributed by atoms with Crippen LogP contribution in [0.3, 0.4) is 0 Å². The van der Waals surface area contributed by atoms with E-state index in [0.717, 1.165) is 24.9 Å². The minimum Gasteiger partial charge on any atom is -0.307 e. The average molecular weight is 241 g/mol. The highest BCUT2D eigenvalue weighted by Gasteiger charge is 2.18. The van der Waals surface area contributed by atoms with Crippen LogP contribution >= 0.6 is 0 Å². The Morgan fingerprint density at radius 2 is 1.65 bits per heavy atom. The number of nitrogens with one attached hydrogen (secondary N) is 1. The summed E-state index contributed by atoms with van der Waals surface area (Å²) < 4.78 is 24.7. The van der Waals surface area contributed by atoms with E-state index in [0.29, 0.717) is 0 Å². The van der Waals surface area contributed by atoms with Gasteiger partial charge in [-0.2, -0.15) is 0 Å². The van der Waals surface area contributed by atoms with Crippen molar-refractivity contribution in [3.8, 4) is 0 Å². The van der Waals surface area contributed by atoms with Crippen molar-refractivity contribution < 1.29 is 8.78 Å². The minimum atomic E-state index is -2.38. The molecule has 96 valence electrons. The van der Waals surface area contributed by atoms with Crippen LogP contribution in [0.4, 0.5) is 8.78 Å². The zero-order chi connectivity index (χ0) is 12.9. The first-order valence-corrected chi connectivity index (χ1v) is 6.12. The van der Waals surface area contributed by atoms with Gasteiger partial charge in [0, 0.05) is 17.6 Å². The monoisotopic (exact) mass is 241 g/mol. The minimum absolute atomic E-state index is 0.0856. The maximum Gasteiger partial charge on any atom is 0.263 e. The van der Waals surface area contributed by atoms with Gasteiger partial charge in [0.2, 0.25) is 0 Å². The summed E-state index contributed by atoms with van der Waals surface area (Å²) in [6.45, 7) is 7.20. The summed E-state index contributed by atoms with van der Waals surface area (Å²) in [6.07, 6.45) is -0.273. The number of rotatable bonds is 6. The number of alkyl halides is 2. The van der Waals surface area contributed by atoms with Gasteiger partial charge >= 0.3 is 0 Å². The predicted molar refractivity (Wildman–Crippen MR) is 67.2 cm³/mol. The lowest BCUT2D eigenvalue weighted by molar-refractivity contribution is 0.151. The third-order valence-corrected chi connectivity index (χ3v) is 3.51. The average Bonchev–Trinajstić information content (AvgIpc) is 2.36. The van der Waals surface area contributed by atoms with Gasteiger partial charge in [0.05, 0.1) is 0 Å². The zero-order valence-electron chi connectivity index (χ0n) is 10.8. The largest absolute Gasteiger partial charge is 0.307 e. The molecule has 0 heterocycles. The molecule has 1 aromatic carbocycles. The van der Waals surface area contributed by atoms with E-state index in [4.69, 9.17) is 0 Å². The first-order valence-electron chi connectivity index (χ1n) is 6.12. The van der Waals surface area contributed by atoms with E-state index >= 15 is 0 Å². The van der Waals surface area contributed by atoms with Crippen molar-refractivity contribution in [2.24, 2.45) is 0 Å². The molecule has 0 aromatic heterocycles. The van der Waals surface area contributed by atoms with E-state index in [9.17, 15) is 8.78 Å². The fourth-order valence-electron chi connectivity index (χ4n) is 1.60. The van der Waals surface area contributed by atoms with Crippen LogP contribution in [0.1, 0.15) is 51.2 Å². The van der Waals surface area contributed by atoms with Gasteiger partial charge in [-0.05, 0) is 25.3 Å². The molecule has 0 atom stereocenters. The van der Waals surface area contributed by atoms with Crippen molar-refractivity contribution in [3.05, 3.63) is 35.4 Å². The molecule has 1 nitrogen and oxygen atoms in total. The molecule has 3 heteroatoms. The van der Waals surface area contributed by atoms with Gasteiger partial charge in [-0.25, -0.2) is 8.78 Å². The molecule has 0 spiro atoms. The second kappa shape index (κ2) is 6.10. The van der Waals surface area contributed by atoms with Crippen LogP contribution < -0.4 is 5.32 Å². The highest BCUT2D eigenvalue weighted by Crippen LogP contribution is 2.19. The summed E-state index contributed by atoms with van der Waals surface area (Å²) in [7, 11) is 0. The third kappa shape index (κ3) is 4.08. The first-order chi connectivity index (χ1) is 8.00. The Hall–Kier alpha value is -0.960. The van der Waals surface area contributed by atoms with Crippen LogP contribution in [-0.4, -0.2) is 5.54 Å². The van der Waals surface area contributed by atoms with Crippen LogP contribution in [0.25, 0.3) is 0 Å². The van der Waals surface area contributed by atoms with Crippen molar-refractivity contribution in [1.82, 2.24) is 5.32 Å². The van der Waals surface area contributed by atoms with Crippen molar-refractivity contribution in [2.45, 2.75) is 52.1 Å². The van der Waals surface area contributed by atoms with E-state index in [2.05, 4.69) is 26.1 Å². The van der Waals surface area contributed by atoms with Gasteiger partial charge in [0.15, 0.2) is 0 Å². The van der Waals surface area contributed by atoms with E-state index in [1.54, 1.807) is 12.1 Å². The SMILES string of the molecule is CCC(C)(CC)NCc1ccc(C(F)F)cc1. The van der Waals surface area contributed by atoms with Crippen LogP contribution in [-0.2, 0) is 6.54 Å². The molecule has 0 saturated heterocycles. The molecule has 0 aliphatic rings. The van der Waals surface area contributed by atoms with Gasteiger partial charge in [-0.1, -0.05) is 38.1 Å². The van der Waals surface area contributed by atoms with E-state index in [1.807, 2.05) is 0 Å². The summed E-state index contributed by atoms with van der Waals surface area (Å²) >= 11 is 0. The van der Waals surface area contributed by atoms with Crippen LogP contribution in [0.15, 0.2) is 24.3 Å². The molecule has 0 unspecified atom stereocenters. The summed E-state index contributed by atoms with van der Waals surface area (Å²) in [6, 6.07) is 6.52. The first kappa shape index (κ1) is 14.1. The lowest BCUT2D eigenvalue weighted by Crippen LogP contribution is -2.40. The third-order valence-electron chi connectivity index (χ3n) is 3.51. The van der Waals surface area contributed by atoms with E-state index < -0.39 is 6.43 Å². The lowest BCUT2D eigenvalue weighted by Gasteiger charge is -2.28. The Morgan fingerprint density at radius 3 is 2.06 bits per heavy atom.